The Morgan fingerprint density at radius 1 is 1.17 bits per heavy atom. The van der Waals surface area contributed by atoms with E-state index in [0.717, 1.165) is 0 Å². The Balaban J connectivity index is 2.08. The van der Waals surface area contributed by atoms with E-state index in [2.05, 4.69) is 5.32 Å². The summed E-state index contributed by atoms with van der Waals surface area (Å²) in [5, 5.41) is 10.9. The molecule has 0 saturated carbocycles. The lowest BCUT2D eigenvalue weighted by atomic mass is 10.3. The van der Waals surface area contributed by atoms with Crippen molar-refractivity contribution in [2.24, 2.45) is 0 Å². The summed E-state index contributed by atoms with van der Waals surface area (Å²) in [5.74, 6) is -8.48. The molecule has 1 heterocycles. The fourth-order valence-corrected chi connectivity index (χ4v) is 1.66. The lowest BCUT2D eigenvalue weighted by Gasteiger charge is -2.08. The van der Waals surface area contributed by atoms with Crippen molar-refractivity contribution in [2.75, 3.05) is 13.2 Å². The number of ether oxygens (including phenoxy) is 1. The molecule has 2 aromatic rings. The second-order valence-corrected chi connectivity index (χ2v) is 4.33. The minimum atomic E-state index is -1.67. The van der Waals surface area contributed by atoms with Gasteiger partial charge in [0.15, 0.2) is 23.1 Å². The highest BCUT2D eigenvalue weighted by Gasteiger charge is 2.21. The summed E-state index contributed by atoms with van der Waals surface area (Å²) in [6.45, 7) is -0.791. The molecule has 1 aromatic heterocycles. The van der Waals surface area contributed by atoms with Crippen LogP contribution in [-0.2, 0) is 6.61 Å². The van der Waals surface area contributed by atoms with Crippen LogP contribution in [-0.4, -0.2) is 24.2 Å². The van der Waals surface area contributed by atoms with Gasteiger partial charge in [-0.1, -0.05) is 0 Å². The number of aliphatic hydroxyl groups excluding tert-OH is 1. The predicted molar refractivity (Wildman–Crippen MR) is 68.7 cm³/mol. The van der Waals surface area contributed by atoms with Crippen LogP contribution in [0.1, 0.15) is 16.3 Å². The van der Waals surface area contributed by atoms with E-state index in [1.807, 2.05) is 0 Å². The van der Waals surface area contributed by atoms with Gasteiger partial charge >= 0.3 is 0 Å². The molecule has 0 unspecified atom stereocenters. The van der Waals surface area contributed by atoms with E-state index >= 15 is 0 Å². The average Bonchev–Trinajstić information content (AvgIpc) is 2.99. The van der Waals surface area contributed by atoms with Gasteiger partial charge in [0.1, 0.15) is 12.4 Å². The van der Waals surface area contributed by atoms with Crippen LogP contribution in [0.4, 0.5) is 17.6 Å². The van der Waals surface area contributed by atoms with Crippen molar-refractivity contribution in [3.05, 3.63) is 53.0 Å². The molecule has 0 fully saturated rings. The first-order valence-electron chi connectivity index (χ1n) is 6.37. The number of amides is 1. The van der Waals surface area contributed by atoms with Crippen molar-refractivity contribution in [3.63, 3.8) is 0 Å². The summed E-state index contributed by atoms with van der Waals surface area (Å²) in [5.41, 5.74) is 0. The molecule has 5 nitrogen and oxygen atoms in total. The quantitative estimate of drug-likeness (QED) is 0.628. The Kier molecular flexibility index (Phi) is 5.22. The zero-order chi connectivity index (χ0) is 17.0. The molecule has 0 saturated heterocycles. The van der Waals surface area contributed by atoms with Crippen LogP contribution in [0.3, 0.4) is 0 Å². The van der Waals surface area contributed by atoms with Crippen molar-refractivity contribution in [1.29, 1.82) is 0 Å². The van der Waals surface area contributed by atoms with E-state index in [0.29, 0.717) is 0 Å². The normalized spacial score (nSPS) is 10.7. The van der Waals surface area contributed by atoms with E-state index in [9.17, 15) is 22.4 Å². The topological polar surface area (TPSA) is 71.7 Å². The van der Waals surface area contributed by atoms with Gasteiger partial charge in [0.05, 0.1) is 6.61 Å². The summed E-state index contributed by atoms with van der Waals surface area (Å²) in [6, 6.07) is 2.62. The Hall–Kier alpha value is -2.55. The maximum absolute atomic E-state index is 13.4. The molecule has 2 N–H and O–H groups in total. The van der Waals surface area contributed by atoms with Crippen LogP contribution >= 0.6 is 0 Å². The number of carbonyl (C=O) groups is 1. The number of benzene rings is 1. The maximum Gasteiger partial charge on any atom is 0.287 e. The SMILES string of the molecule is O=C(NCCO)c1ccc(COc2c(F)c(F)cc(F)c2F)o1. The van der Waals surface area contributed by atoms with Crippen LogP contribution in [0.15, 0.2) is 22.6 Å². The highest BCUT2D eigenvalue weighted by Crippen LogP contribution is 2.27. The van der Waals surface area contributed by atoms with E-state index in [4.69, 9.17) is 14.3 Å². The molecule has 0 aliphatic heterocycles. The number of furan rings is 1. The van der Waals surface area contributed by atoms with Crippen LogP contribution < -0.4 is 10.1 Å². The number of carbonyl (C=O) groups excluding carboxylic acids is 1. The van der Waals surface area contributed by atoms with Crippen molar-refractivity contribution in [1.82, 2.24) is 5.32 Å². The third-order valence-corrected chi connectivity index (χ3v) is 2.71. The molecule has 0 aliphatic carbocycles. The first-order valence-corrected chi connectivity index (χ1v) is 6.37. The highest BCUT2D eigenvalue weighted by molar-refractivity contribution is 5.91. The summed E-state index contributed by atoms with van der Waals surface area (Å²) in [7, 11) is 0. The number of nitrogens with one attached hydrogen (secondary N) is 1. The van der Waals surface area contributed by atoms with Gasteiger partial charge in [0.25, 0.3) is 5.91 Å². The van der Waals surface area contributed by atoms with Crippen molar-refractivity contribution < 1.29 is 36.6 Å². The second kappa shape index (κ2) is 7.14. The Bertz CT molecular complexity index is 691. The molecule has 0 bridgehead atoms. The first-order chi connectivity index (χ1) is 10.9. The van der Waals surface area contributed by atoms with Gasteiger partial charge in [-0.3, -0.25) is 4.79 Å². The highest BCUT2D eigenvalue weighted by atomic mass is 19.2. The summed E-state index contributed by atoms with van der Waals surface area (Å²) >= 11 is 0. The largest absolute Gasteiger partial charge is 0.479 e. The number of aliphatic hydroxyl groups is 1. The molecule has 9 heteroatoms. The average molecular weight is 333 g/mol. The van der Waals surface area contributed by atoms with Crippen LogP contribution in [0.2, 0.25) is 0 Å². The van der Waals surface area contributed by atoms with Crippen LogP contribution in [0.5, 0.6) is 5.75 Å². The molecule has 1 aromatic carbocycles. The minimum Gasteiger partial charge on any atom is -0.479 e. The first kappa shape index (κ1) is 16.8. The number of hydrogen-bond acceptors (Lipinski definition) is 4. The Morgan fingerprint density at radius 2 is 1.83 bits per heavy atom. The monoisotopic (exact) mass is 333 g/mol. The lowest BCUT2D eigenvalue weighted by Crippen LogP contribution is -2.25. The van der Waals surface area contributed by atoms with E-state index < -0.39 is 41.5 Å². The number of rotatable bonds is 6. The molecule has 0 radical (unpaired) electrons. The van der Waals surface area contributed by atoms with Crippen molar-refractivity contribution in [2.45, 2.75) is 6.61 Å². The van der Waals surface area contributed by atoms with Gasteiger partial charge in [0.2, 0.25) is 11.6 Å². The van der Waals surface area contributed by atoms with E-state index in [1.54, 1.807) is 0 Å². The zero-order valence-corrected chi connectivity index (χ0v) is 11.5. The fourth-order valence-electron chi connectivity index (χ4n) is 1.66. The number of hydrogen-bond donors (Lipinski definition) is 2. The molecule has 0 aliphatic rings. The van der Waals surface area contributed by atoms with Crippen LogP contribution in [0, 0.1) is 23.3 Å². The van der Waals surface area contributed by atoms with Gasteiger partial charge in [-0.15, -0.1) is 0 Å². The zero-order valence-electron chi connectivity index (χ0n) is 11.5. The smallest absolute Gasteiger partial charge is 0.287 e. The van der Waals surface area contributed by atoms with Gasteiger partial charge in [0, 0.05) is 12.6 Å². The number of halogens is 4. The van der Waals surface area contributed by atoms with Crippen molar-refractivity contribution >= 4 is 5.91 Å². The third kappa shape index (κ3) is 3.81. The lowest BCUT2D eigenvalue weighted by molar-refractivity contribution is 0.0912. The van der Waals surface area contributed by atoms with Gasteiger partial charge in [-0.2, -0.15) is 8.78 Å². The standard InChI is InChI=1S/C14H11F4NO4/c15-8-5-9(16)12(18)13(11(8)17)22-6-7-1-2-10(23-7)14(21)19-3-4-20/h1-2,5,20H,3-4,6H2,(H,19,21). The van der Waals surface area contributed by atoms with Gasteiger partial charge in [-0.25, -0.2) is 8.78 Å². The summed E-state index contributed by atoms with van der Waals surface area (Å²) in [4.78, 5) is 11.5. The molecular weight excluding hydrogens is 322 g/mol. The molecule has 1 amide bonds. The molecule has 0 atom stereocenters. The van der Waals surface area contributed by atoms with Gasteiger partial charge < -0.3 is 19.6 Å². The second-order valence-electron chi connectivity index (χ2n) is 4.33. The molecule has 0 spiro atoms. The van der Waals surface area contributed by atoms with Crippen molar-refractivity contribution in [3.8, 4) is 5.75 Å². The Labute approximate surface area is 127 Å². The maximum atomic E-state index is 13.4. The Morgan fingerprint density at radius 3 is 2.43 bits per heavy atom. The molecule has 23 heavy (non-hydrogen) atoms. The third-order valence-electron chi connectivity index (χ3n) is 2.71. The summed E-state index contributed by atoms with van der Waals surface area (Å²) < 4.78 is 62.6. The van der Waals surface area contributed by atoms with Gasteiger partial charge in [-0.05, 0) is 12.1 Å². The molecular formula is C14H11F4NO4. The van der Waals surface area contributed by atoms with Crippen LogP contribution in [0.25, 0.3) is 0 Å². The van der Waals surface area contributed by atoms with E-state index in [-0.39, 0.29) is 30.7 Å². The fraction of sp³-hybridized carbons (Fsp3) is 0.214. The summed E-state index contributed by atoms with van der Waals surface area (Å²) in [6.07, 6.45) is 0. The predicted octanol–water partition coefficient (Wildman–Crippen LogP) is 2.14. The minimum absolute atomic E-state index is 0.00242. The van der Waals surface area contributed by atoms with E-state index in [1.165, 1.54) is 12.1 Å². The molecule has 2 rings (SSSR count). The molecule has 124 valence electrons.